The normalized spacial score (nSPS) is 18.9. The van der Waals surface area contributed by atoms with Crippen LogP contribution in [0, 0.1) is 16.0 Å². The molecule has 0 spiro atoms. The molecule has 2 aromatic heterocycles. The number of nitrogens with one attached hydrogen (secondary N) is 2. The molecular formula is C25H34N4O8S. The number of hydrogen-bond acceptors (Lipinski definition) is 11. The zero-order chi connectivity index (χ0) is 27.2. The molecule has 2 aromatic rings. The highest BCUT2D eigenvalue weighted by atomic mass is 32.1. The number of ether oxygens (including phenoxy) is 4. The number of aromatic nitrogens is 1. The maximum atomic E-state index is 13.0. The van der Waals surface area contributed by atoms with E-state index in [-0.39, 0.29) is 48.9 Å². The molecular weight excluding hydrogens is 516 g/mol. The number of nitrogens with zero attached hydrogens (tertiary/aromatic N) is 2. The van der Waals surface area contributed by atoms with Gasteiger partial charge in [0.1, 0.15) is 12.0 Å². The summed E-state index contributed by atoms with van der Waals surface area (Å²) in [6.07, 6.45) is 3.05. The monoisotopic (exact) mass is 550 g/mol. The van der Waals surface area contributed by atoms with Crippen LogP contribution in [0.5, 0.6) is 0 Å². The Bertz CT molecular complexity index is 1020. The number of carbonyl (C=O) groups is 1. The number of aliphatic hydroxyl groups excluding tert-OH is 1. The van der Waals surface area contributed by atoms with Crippen molar-refractivity contribution >= 4 is 28.7 Å². The van der Waals surface area contributed by atoms with Gasteiger partial charge in [0.15, 0.2) is 5.76 Å². The lowest BCUT2D eigenvalue weighted by Crippen LogP contribution is -2.40. The summed E-state index contributed by atoms with van der Waals surface area (Å²) in [5.41, 5.74) is 0.988. The second-order valence-electron chi connectivity index (χ2n) is 8.30. The van der Waals surface area contributed by atoms with E-state index in [1.165, 1.54) is 18.3 Å². The molecule has 0 aromatic carbocycles. The van der Waals surface area contributed by atoms with Crippen LogP contribution in [-0.4, -0.2) is 79.9 Å². The third-order valence-corrected chi connectivity index (χ3v) is 6.45. The summed E-state index contributed by atoms with van der Waals surface area (Å²) in [5.74, 6) is 0.155. The molecule has 0 saturated carbocycles. The van der Waals surface area contributed by atoms with E-state index < -0.39 is 11.2 Å². The van der Waals surface area contributed by atoms with E-state index >= 15 is 0 Å². The van der Waals surface area contributed by atoms with Gasteiger partial charge in [0.2, 0.25) is 6.29 Å². The lowest BCUT2D eigenvalue weighted by molar-refractivity contribution is -0.385. The van der Waals surface area contributed by atoms with Crippen LogP contribution in [0.1, 0.15) is 24.8 Å². The predicted octanol–water partition coefficient (Wildman–Crippen LogP) is 2.67. The number of nitro groups is 1. The van der Waals surface area contributed by atoms with Crippen LogP contribution in [0.15, 0.2) is 47.0 Å². The summed E-state index contributed by atoms with van der Waals surface area (Å²) >= 11 is 1.59. The lowest BCUT2D eigenvalue weighted by atomic mass is 9.82. The minimum atomic E-state index is -0.618. The van der Waals surface area contributed by atoms with Crippen LogP contribution in [0.3, 0.4) is 0 Å². The van der Waals surface area contributed by atoms with Crippen molar-refractivity contribution < 1.29 is 33.8 Å². The van der Waals surface area contributed by atoms with E-state index in [9.17, 15) is 14.9 Å². The molecule has 0 bridgehead atoms. The molecule has 3 atom stereocenters. The van der Waals surface area contributed by atoms with E-state index in [1.54, 1.807) is 11.3 Å². The van der Waals surface area contributed by atoms with Crippen molar-refractivity contribution in [2.75, 3.05) is 58.0 Å². The largest absolute Gasteiger partial charge is 0.459 e. The summed E-state index contributed by atoms with van der Waals surface area (Å²) in [4.78, 5) is 27.2. The molecule has 3 N–H and O–H groups in total. The van der Waals surface area contributed by atoms with Gasteiger partial charge in [0, 0.05) is 44.2 Å². The Hall–Kier alpha value is -3.10. The molecule has 0 radical (unpaired) electrons. The van der Waals surface area contributed by atoms with Crippen molar-refractivity contribution in [2.24, 2.45) is 5.92 Å². The van der Waals surface area contributed by atoms with Gasteiger partial charge in [-0.15, -0.1) is 0 Å². The van der Waals surface area contributed by atoms with Crippen LogP contribution >= 0.6 is 11.3 Å². The van der Waals surface area contributed by atoms with Gasteiger partial charge in [-0.05, 0) is 47.9 Å². The predicted molar refractivity (Wildman–Crippen MR) is 141 cm³/mol. The number of carbonyl (C=O) groups excluding carboxylic acids is 1. The first-order valence-electron chi connectivity index (χ1n) is 12.4. The highest BCUT2D eigenvalue weighted by molar-refractivity contribution is 7.08. The van der Waals surface area contributed by atoms with E-state index in [0.29, 0.717) is 45.2 Å². The molecule has 12 nitrogen and oxygen atoms in total. The quantitative estimate of drug-likeness (QED) is 0.152. The highest BCUT2D eigenvalue weighted by Crippen LogP contribution is 2.39. The zero-order valence-corrected chi connectivity index (χ0v) is 22.1. The maximum Gasteiger partial charge on any atom is 0.287 e. The van der Waals surface area contributed by atoms with E-state index in [0.717, 1.165) is 5.56 Å². The summed E-state index contributed by atoms with van der Waals surface area (Å²) < 4.78 is 22.9. The standard InChI is InChI=1S/C25H34N4O8S/c1-2-36-25-20(5-10-34-12-13-35-11-9-30)21(18-6-14-38-17-18)15-22(37-25)24(31)27-8-7-26-23-4-3-19(16-28-23)29(32)33/h3-4,6,14-17,20-21,25,30H,2,5,7-13H2,1H3,(H,26,28)(H,27,31). The summed E-state index contributed by atoms with van der Waals surface area (Å²) in [7, 11) is 0. The van der Waals surface area contributed by atoms with Crippen LogP contribution in [0.4, 0.5) is 11.5 Å². The average Bonchev–Trinajstić information content (AvgIpc) is 3.46. The third kappa shape index (κ3) is 9.03. The average molecular weight is 551 g/mol. The molecule has 3 unspecified atom stereocenters. The summed E-state index contributed by atoms with van der Waals surface area (Å²) in [6.45, 7) is 4.52. The molecule has 38 heavy (non-hydrogen) atoms. The maximum absolute atomic E-state index is 13.0. The van der Waals surface area contributed by atoms with Gasteiger partial charge in [0.05, 0.1) is 31.4 Å². The van der Waals surface area contributed by atoms with E-state index in [1.807, 2.05) is 24.4 Å². The SMILES string of the molecule is CCOC1OC(C(=O)NCCNc2ccc([N+](=O)[O-])cn2)=CC(c2ccsc2)C1CCOCCOCCO. The zero-order valence-electron chi connectivity index (χ0n) is 21.2. The third-order valence-electron chi connectivity index (χ3n) is 5.75. The number of thiophene rings is 1. The van der Waals surface area contributed by atoms with Crippen molar-refractivity contribution in [3.63, 3.8) is 0 Å². The number of allylic oxidation sites excluding steroid dienone is 1. The van der Waals surface area contributed by atoms with Gasteiger partial charge in [-0.2, -0.15) is 11.3 Å². The molecule has 0 aliphatic carbocycles. The Morgan fingerprint density at radius 3 is 2.68 bits per heavy atom. The smallest absolute Gasteiger partial charge is 0.287 e. The Morgan fingerprint density at radius 2 is 2.03 bits per heavy atom. The molecule has 1 aliphatic heterocycles. The fraction of sp³-hybridized carbons (Fsp3) is 0.520. The summed E-state index contributed by atoms with van der Waals surface area (Å²) in [5, 5.41) is 29.4. The van der Waals surface area contributed by atoms with Crippen molar-refractivity contribution in [1.82, 2.24) is 10.3 Å². The van der Waals surface area contributed by atoms with Crippen LogP contribution in [0.2, 0.25) is 0 Å². The van der Waals surface area contributed by atoms with Crippen molar-refractivity contribution in [3.05, 3.63) is 62.7 Å². The molecule has 3 heterocycles. The minimum Gasteiger partial charge on any atom is -0.459 e. The topological polar surface area (TPSA) is 154 Å². The van der Waals surface area contributed by atoms with Crippen LogP contribution < -0.4 is 10.6 Å². The summed E-state index contributed by atoms with van der Waals surface area (Å²) in [6, 6.07) is 4.91. The number of pyridine rings is 1. The number of rotatable bonds is 17. The number of anilines is 1. The minimum absolute atomic E-state index is 0.0203. The van der Waals surface area contributed by atoms with Gasteiger partial charge >= 0.3 is 0 Å². The molecule has 0 fully saturated rings. The van der Waals surface area contributed by atoms with Crippen molar-refractivity contribution in [1.29, 1.82) is 0 Å². The number of hydrogen-bond donors (Lipinski definition) is 3. The van der Waals surface area contributed by atoms with Gasteiger partial charge in [-0.1, -0.05) is 0 Å². The Balaban J connectivity index is 1.57. The number of amides is 1. The van der Waals surface area contributed by atoms with Gasteiger partial charge in [-0.3, -0.25) is 14.9 Å². The van der Waals surface area contributed by atoms with E-state index in [4.69, 9.17) is 24.1 Å². The molecule has 208 valence electrons. The van der Waals surface area contributed by atoms with Crippen LogP contribution in [0.25, 0.3) is 0 Å². The molecule has 13 heteroatoms. The van der Waals surface area contributed by atoms with Gasteiger partial charge < -0.3 is 34.7 Å². The molecule has 0 saturated heterocycles. The van der Waals surface area contributed by atoms with E-state index in [2.05, 4.69) is 21.0 Å². The fourth-order valence-electron chi connectivity index (χ4n) is 3.94. The first-order valence-corrected chi connectivity index (χ1v) is 13.4. The first kappa shape index (κ1) is 29.5. The molecule has 3 rings (SSSR count). The van der Waals surface area contributed by atoms with Crippen molar-refractivity contribution in [3.8, 4) is 0 Å². The van der Waals surface area contributed by atoms with Crippen LogP contribution in [-0.2, 0) is 23.7 Å². The Morgan fingerprint density at radius 1 is 1.21 bits per heavy atom. The second kappa shape index (κ2) is 16.0. The Labute approximate surface area is 225 Å². The van der Waals surface area contributed by atoms with Gasteiger partial charge in [-0.25, -0.2) is 4.98 Å². The second-order valence-corrected chi connectivity index (χ2v) is 9.08. The van der Waals surface area contributed by atoms with Crippen molar-refractivity contribution in [2.45, 2.75) is 25.6 Å². The first-order chi connectivity index (χ1) is 18.5. The number of aliphatic hydroxyl groups is 1. The lowest BCUT2D eigenvalue weighted by Gasteiger charge is -2.36. The Kier molecular flexibility index (Phi) is 12.4. The molecule has 1 amide bonds. The van der Waals surface area contributed by atoms with Gasteiger partial charge in [0.25, 0.3) is 11.6 Å². The highest BCUT2D eigenvalue weighted by Gasteiger charge is 2.38. The molecule has 1 aliphatic rings. The fourth-order valence-corrected chi connectivity index (χ4v) is 4.65.